The zero-order chi connectivity index (χ0) is 15.8. The Hall–Kier alpha value is -1.45. The standard InChI is InChI=1S/C14H14ClF3N2O/c1-8-10(5-4-9(7-19)12(8)15)20-6-2-3-11(20)13(21)14(16,17)18/h4-5,11,13,21H,2-3,6H2,1H3/t11-,13+/m1/s1. The molecule has 0 bridgehead atoms. The molecule has 3 nitrogen and oxygen atoms in total. The number of halogens is 4. The number of rotatable bonds is 2. The first-order chi connectivity index (χ1) is 9.77. The number of aliphatic hydroxyl groups is 1. The summed E-state index contributed by atoms with van der Waals surface area (Å²) in [6.07, 6.45) is -6.22. The first-order valence-electron chi connectivity index (χ1n) is 6.48. The van der Waals surface area contributed by atoms with E-state index < -0.39 is 18.3 Å². The van der Waals surface area contributed by atoms with E-state index in [0.29, 0.717) is 24.2 Å². The molecule has 0 spiro atoms. The van der Waals surface area contributed by atoms with Crippen LogP contribution in [0.1, 0.15) is 24.0 Å². The van der Waals surface area contributed by atoms with Gasteiger partial charge in [0.05, 0.1) is 16.6 Å². The summed E-state index contributed by atoms with van der Waals surface area (Å²) >= 11 is 6.06. The van der Waals surface area contributed by atoms with Crippen LogP contribution < -0.4 is 4.90 Å². The van der Waals surface area contributed by atoms with Crippen molar-refractivity contribution < 1.29 is 18.3 Å². The Bertz CT molecular complexity index is 583. The van der Waals surface area contributed by atoms with Crippen molar-refractivity contribution in [3.05, 3.63) is 28.3 Å². The topological polar surface area (TPSA) is 47.3 Å². The number of aliphatic hydroxyl groups excluding tert-OH is 1. The van der Waals surface area contributed by atoms with Crippen LogP contribution >= 0.6 is 11.6 Å². The van der Waals surface area contributed by atoms with Crippen LogP contribution in [0.2, 0.25) is 5.02 Å². The summed E-state index contributed by atoms with van der Waals surface area (Å²) in [7, 11) is 0. The minimum atomic E-state index is -4.66. The summed E-state index contributed by atoms with van der Waals surface area (Å²) < 4.78 is 38.2. The highest BCUT2D eigenvalue weighted by Gasteiger charge is 2.47. The predicted molar refractivity (Wildman–Crippen MR) is 73.3 cm³/mol. The first kappa shape index (κ1) is 15.9. The van der Waals surface area contributed by atoms with Gasteiger partial charge < -0.3 is 10.0 Å². The molecule has 114 valence electrons. The summed E-state index contributed by atoms with van der Waals surface area (Å²) in [5.41, 5.74) is 1.37. The van der Waals surface area contributed by atoms with E-state index in [-0.39, 0.29) is 17.0 Å². The third kappa shape index (κ3) is 2.94. The highest BCUT2D eigenvalue weighted by molar-refractivity contribution is 6.32. The SMILES string of the molecule is Cc1c(N2CCC[C@@H]2[C@H](O)C(F)(F)F)ccc(C#N)c1Cl. The molecule has 0 aliphatic carbocycles. The van der Waals surface area contributed by atoms with Gasteiger partial charge in [0, 0.05) is 12.2 Å². The van der Waals surface area contributed by atoms with Crippen LogP contribution in [0.15, 0.2) is 12.1 Å². The first-order valence-corrected chi connectivity index (χ1v) is 6.85. The van der Waals surface area contributed by atoms with E-state index >= 15 is 0 Å². The van der Waals surface area contributed by atoms with Crippen LogP contribution in [0.25, 0.3) is 0 Å². The molecular weight excluding hydrogens is 305 g/mol. The molecule has 0 unspecified atom stereocenters. The van der Waals surface area contributed by atoms with Crippen molar-refractivity contribution in [1.29, 1.82) is 5.26 Å². The summed E-state index contributed by atoms with van der Waals surface area (Å²) in [6, 6.07) is 3.98. The van der Waals surface area contributed by atoms with Gasteiger partial charge in [-0.2, -0.15) is 18.4 Å². The number of anilines is 1. The van der Waals surface area contributed by atoms with Gasteiger partial charge in [-0.3, -0.25) is 0 Å². The molecule has 1 fully saturated rings. The molecule has 1 aliphatic rings. The highest BCUT2D eigenvalue weighted by atomic mass is 35.5. The average Bonchev–Trinajstić information content (AvgIpc) is 2.88. The molecule has 0 amide bonds. The Kier molecular flexibility index (Phi) is 4.35. The zero-order valence-corrected chi connectivity index (χ0v) is 12.0. The monoisotopic (exact) mass is 318 g/mol. The second kappa shape index (κ2) is 5.74. The van der Waals surface area contributed by atoms with Gasteiger partial charge in [-0.15, -0.1) is 0 Å². The third-order valence-electron chi connectivity index (χ3n) is 3.79. The van der Waals surface area contributed by atoms with Crippen LogP contribution in [0.3, 0.4) is 0 Å². The molecule has 1 aliphatic heterocycles. The van der Waals surface area contributed by atoms with Gasteiger partial charge in [0.2, 0.25) is 0 Å². The summed E-state index contributed by atoms with van der Waals surface area (Å²) in [4.78, 5) is 1.53. The molecule has 1 heterocycles. The molecule has 7 heteroatoms. The average molecular weight is 319 g/mol. The fourth-order valence-corrected chi connectivity index (χ4v) is 2.91. The quantitative estimate of drug-likeness (QED) is 0.909. The molecule has 21 heavy (non-hydrogen) atoms. The van der Waals surface area contributed by atoms with Crippen molar-refractivity contribution in [2.24, 2.45) is 0 Å². The van der Waals surface area contributed by atoms with E-state index in [1.54, 1.807) is 13.0 Å². The van der Waals surface area contributed by atoms with Gasteiger partial charge in [0.1, 0.15) is 6.07 Å². The fraction of sp³-hybridized carbons (Fsp3) is 0.500. The third-order valence-corrected chi connectivity index (χ3v) is 4.27. The van der Waals surface area contributed by atoms with E-state index in [1.807, 2.05) is 6.07 Å². The minimum absolute atomic E-state index is 0.238. The van der Waals surface area contributed by atoms with Crippen molar-refractivity contribution in [1.82, 2.24) is 0 Å². The van der Waals surface area contributed by atoms with Crippen molar-refractivity contribution in [2.45, 2.75) is 38.1 Å². The van der Waals surface area contributed by atoms with Gasteiger partial charge in [0.25, 0.3) is 0 Å². The van der Waals surface area contributed by atoms with E-state index in [1.165, 1.54) is 11.0 Å². The smallest absolute Gasteiger partial charge is 0.382 e. The minimum Gasteiger partial charge on any atom is -0.382 e. The molecule has 0 aromatic heterocycles. The second-order valence-corrected chi connectivity index (χ2v) is 5.45. The fourth-order valence-electron chi connectivity index (χ4n) is 2.71. The summed E-state index contributed by atoms with van der Waals surface area (Å²) in [6.45, 7) is 2.08. The number of nitrogens with zero attached hydrogens (tertiary/aromatic N) is 2. The maximum Gasteiger partial charge on any atom is 0.416 e. The number of hydrogen-bond donors (Lipinski definition) is 1. The molecule has 0 saturated carbocycles. The molecule has 1 aromatic carbocycles. The number of alkyl halides is 3. The van der Waals surface area contributed by atoms with E-state index in [9.17, 15) is 18.3 Å². The van der Waals surface area contributed by atoms with E-state index in [2.05, 4.69) is 0 Å². The Morgan fingerprint density at radius 2 is 2.14 bits per heavy atom. The van der Waals surface area contributed by atoms with Crippen LogP contribution in [0.4, 0.5) is 18.9 Å². The normalized spacial score (nSPS) is 20.4. The van der Waals surface area contributed by atoms with Gasteiger partial charge in [0.15, 0.2) is 6.10 Å². The van der Waals surface area contributed by atoms with Gasteiger partial charge >= 0.3 is 6.18 Å². The van der Waals surface area contributed by atoms with Gasteiger partial charge in [-0.05, 0) is 37.5 Å². The molecule has 1 saturated heterocycles. The van der Waals surface area contributed by atoms with Crippen LogP contribution in [-0.4, -0.2) is 30.0 Å². The highest BCUT2D eigenvalue weighted by Crippen LogP contribution is 2.37. The number of hydrogen-bond acceptors (Lipinski definition) is 3. The van der Waals surface area contributed by atoms with Gasteiger partial charge in [-0.1, -0.05) is 11.6 Å². The lowest BCUT2D eigenvalue weighted by Crippen LogP contribution is -2.47. The predicted octanol–water partition coefficient (Wildman–Crippen LogP) is 3.41. The summed E-state index contributed by atoms with van der Waals surface area (Å²) in [5.74, 6) is 0. The Morgan fingerprint density at radius 3 is 2.71 bits per heavy atom. The molecular formula is C14H14ClF3N2O. The lowest BCUT2D eigenvalue weighted by atomic mass is 10.0. The maximum atomic E-state index is 12.7. The largest absolute Gasteiger partial charge is 0.416 e. The van der Waals surface area contributed by atoms with Crippen molar-refractivity contribution >= 4 is 17.3 Å². The summed E-state index contributed by atoms with van der Waals surface area (Å²) in [5, 5.41) is 18.7. The molecule has 1 aromatic rings. The van der Waals surface area contributed by atoms with Gasteiger partial charge in [-0.25, -0.2) is 0 Å². The lowest BCUT2D eigenvalue weighted by Gasteiger charge is -2.32. The molecule has 2 atom stereocenters. The molecule has 2 rings (SSSR count). The van der Waals surface area contributed by atoms with Crippen LogP contribution in [-0.2, 0) is 0 Å². The van der Waals surface area contributed by atoms with E-state index in [0.717, 1.165) is 0 Å². The van der Waals surface area contributed by atoms with Crippen LogP contribution in [0, 0.1) is 18.3 Å². The number of nitriles is 1. The Balaban J connectivity index is 2.38. The zero-order valence-electron chi connectivity index (χ0n) is 11.3. The Morgan fingerprint density at radius 1 is 1.48 bits per heavy atom. The van der Waals surface area contributed by atoms with Crippen LogP contribution in [0.5, 0.6) is 0 Å². The molecule has 1 N–H and O–H groups in total. The van der Waals surface area contributed by atoms with E-state index in [4.69, 9.17) is 16.9 Å². The molecule has 0 radical (unpaired) electrons. The Labute approximate surface area is 125 Å². The van der Waals surface area contributed by atoms with Crippen molar-refractivity contribution in [3.63, 3.8) is 0 Å². The number of benzene rings is 1. The second-order valence-electron chi connectivity index (χ2n) is 5.07. The lowest BCUT2D eigenvalue weighted by molar-refractivity contribution is -0.209. The maximum absolute atomic E-state index is 12.7. The van der Waals surface area contributed by atoms with Crippen molar-refractivity contribution in [3.8, 4) is 6.07 Å². The van der Waals surface area contributed by atoms with Crippen molar-refractivity contribution in [2.75, 3.05) is 11.4 Å².